The molecular weight excluding hydrogens is 340 g/mol. The SMILES string of the molecule is CCCN(Cc1cc2cc(C)ccc2[nH]c1=O)C(=O)c1ccccc1OC. The lowest BCUT2D eigenvalue weighted by molar-refractivity contribution is 0.0739. The van der Waals surface area contributed by atoms with Crippen LogP contribution in [0.25, 0.3) is 10.9 Å². The van der Waals surface area contributed by atoms with E-state index in [2.05, 4.69) is 4.98 Å². The van der Waals surface area contributed by atoms with E-state index in [4.69, 9.17) is 4.74 Å². The van der Waals surface area contributed by atoms with E-state index < -0.39 is 0 Å². The standard InChI is InChI=1S/C22H24N2O3/c1-4-11-24(22(26)18-7-5-6-8-20(18)27-3)14-17-13-16-12-15(2)9-10-19(16)23-21(17)25/h5-10,12-13H,4,11,14H2,1-3H3,(H,23,25). The van der Waals surface area contributed by atoms with Gasteiger partial charge in [-0.25, -0.2) is 0 Å². The minimum Gasteiger partial charge on any atom is -0.496 e. The van der Waals surface area contributed by atoms with Crippen molar-refractivity contribution in [3.05, 3.63) is 75.6 Å². The number of fused-ring (bicyclic) bond motifs is 1. The maximum absolute atomic E-state index is 13.1. The van der Waals surface area contributed by atoms with Gasteiger partial charge in [0.25, 0.3) is 11.5 Å². The third-order valence-corrected chi connectivity index (χ3v) is 4.56. The second-order valence-electron chi connectivity index (χ2n) is 6.64. The van der Waals surface area contributed by atoms with Crippen LogP contribution in [0.5, 0.6) is 5.75 Å². The summed E-state index contributed by atoms with van der Waals surface area (Å²) in [6.07, 6.45) is 0.797. The van der Waals surface area contributed by atoms with E-state index in [1.54, 1.807) is 24.1 Å². The molecule has 3 aromatic rings. The molecule has 1 amide bonds. The van der Waals surface area contributed by atoms with Crippen molar-refractivity contribution in [2.24, 2.45) is 0 Å². The van der Waals surface area contributed by atoms with Gasteiger partial charge >= 0.3 is 0 Å². The fraction of sp³-hybridized carbons (Fsp3) is 0.273. The van der Waals surface area contributed by atoms with E-state index in [9.17, 15) is 9.59 Å². The highest BCUT2D eigenvalue weighted by Gasteiger charge is 2.20. The zero-order valence-corrected chi connectivity index (χ0v) is 15.9. The smallest absolute Gasteiger partial charge is 0.257 e. The van der Waals surface area contributed by atoms with Crippen LogP contribution in [0.15, 0.2) is 53.3 Å². The molecule has 0 aliphatic rings. The lowest BCUT2D eigenvalue weighted by atomic mass is 10.1. The quantitative estimate of drug-likeness (QED) is 0.722. The van der Waals surface area contributed by atoms with Gasteiger partial charge in [0.05, 0.1) is 19.2 Å². The maximum Gasteiger partial charge on any atom is 0.257 e. The average molecular weight is 364 g/mol. The monoisotopic (exact) mass is 364 g/mol. The molecule has 27 heavy (non-hydrogen) atoms. The third-order valence-electron chi connectivity index (χ3n) is 4.56. The first kappa shape index (κ1) is 18.7. The number of rotatable bonds is 6. The highest BCUT2D eigenvalue weighted by molar-refractivity contribution is 5.97. The minimum absolute atomic E-state index is 0.141. The van der Waals surface area contributed by atoms with Gasteiger partial charge in [0.2, 0.25) is 0 Å². The number of carbonyl (C=O) groups excluding carboxylic acids is 1. The second-order valence-corrected chi connectivity index (χ2v) is 6.64. The minimum atomic E-state index is -0.166. The predicted molar refractivity (Wildman–Crippen MR) is 107 cm³/mol. The number of hydrogen-bond acceptors (Lipinski definition) is 3. The second kappa shape index (κ2) is 8.08. The predicted octanol–water partition coefficient (Wildman–Crippen LogP) is 3.90. The molecule has 0 radical (unpaired) electrons. The maximum atomic E-state index is 13.1. The van der Waals surface area contributed by atoms with Crippen LogP contribution in [-0.4, -0.2) is 29.4 Å². The van der Waals surface area contributed by atoms with Crippen LogP contribution in [0, 0.1) is 6.92 Å². The molecule has 0 bridgehead atoms. The first-order chi connectivity index (χ1) is 13.0. The van der Waals surface area contributed by atoms with Crippen LogP contribution in [0.2, 0.25) is 0 Å². The summed E-state index contributed by atoms with van der Waals surface area (Å²) in [5, 5.41) is 0.964. The van der Waals surface area contributed by atoms with Gasteiger partial charge in [-0.2, -0.15) is 0 Å². The Bertz CT molecular complexity index is 1020. The number of pyridine rings is 1. The summed E-state index contributed by atoms with van der Waals surface area (Å²) in [5.41, 5.74) is 2.83. The van der Waals surface area contributed by atoms with Crippen molar-refractivity contribution in [2.75, 3.05) is 13.7 Å². The van der Waals surface area contributed by atoms with Gasteiger partial charge in [0.15, 0.2) is 0 Å². The number of H-pyrrole nitrogens is 1. The summed E-state index contributed by atoms with van der Waals surface area (Å²) in [6.45, 7) is 4.83. The van der Waals surface area contributed by atoms with Crippen molar-refractivity contribution in [1.29, 1.82) is 0 Å². The van der Waals surface area contributed by atoms with E-state index in [1.165, 1.54) is 0 Å². The molecular formula is C22H24N2O3. The Morgan fingerprint density at radius 3 is 2.67 bits per heavy atom. The van der Waals surface area contributed by atoms with Crippen molar-refractivity contribution < 1.29 is 9.53 Å². The highest BCUT2D eigenvalue weighted by atomic mass is 16.5. The molecule has 1 aromatic heterocycles. The Labute approximate surface area is 158 Å². The molecule has 0 fully saturated rings. The van der Waals surface area contributed by atoms with Crippen molar-refractivity contribution in [3.63, 3.8) is 0 Å². The van der Waals surface area contributed by atoms with Crippen molar-refractivity contribution in [3.8, 4) is 5.75 Å². The van der Waals surface area contributed by atoms with Gasteiger partial charge in [0, 0.05) is 17.6 Å². The molecule has 0 spiro atoms. The van der Waals surface area contributed by atoms with Crippen molar-refractivity contribution >= 4 is 16.8 Å². The van der Waals surface area contributed by atoms with Crippen LogP contribution < -0.4 is 10.3 Å². The summed E-state index contributed by atoms with van der Waals surface area (Å²) in [4.78, 5) is 30.2. The summed E-state index contributed by atoms with van der Waals surface area (Å²) in [6, 6.07) is 14.9. The molecule has 140 valence electrons. The Morgan fingerprint density at radius 1 is 1.15 bits per heavy atom. The van der Waals surface area contributed by atoms with Gasteiger partial charge < -0.3 is 14.6 Å². The number of ether oxygens (including phenoxy) is 1. The molecule has 1 heterocycles. The molecule has 0 aliphatic carbocycles. The molecule has 5 nitrogen and oxygen atoms in total. The lowest BCUT2D eigenvalue weighted by Gasteiger charge is -2.23. The van der Waals surface area contributed by atoms with Gasteiger partial charge in [-0.1, -0.05) is 30.7 Å². The van der Waals surface area contributed by atoms with Gasteiger partial charge in [-0.3, -0.25) is 9.59 Å². The van der Waals surface area contributed by atoms with E-state index >= 15 is 0 Å². The third kappa shape index (κ3) is 4.03. The Morgan fingerprint density at radius 2 is 1.93 bits per heavy atom. The highest BCUT2D eigenvalue weighted by Crippen LogP contribution is 2.21. The normalized spacial score (nSPS) is 10.8. The van der Waals surface area contributed by atoms with Crippen LogP contribution in [0.3, 0.4) is 0 Å². The zero-order chi connectivity index (χ0) is 19.4. The van der Waals surface area contributed by atoms with Crippen molar-refractivity contribution in [1.82, 2.24) is 9.88 Å². The van der Waals surface area contributed by atoms with E-state index in [1.807, 2.05) is 50.2 Å². The number of aryl methyl sites for hydroxylation is 1. The summed E-state index contributed by atoms with van der Waals surface area (Å²) < 4.78 is 5.32. The van der Waals surface area contributed by atoms with Gasteiger partial charge in [-0.05, 0) is 49.1 Å². The van der Waals surface area contributed by atoms with Crippen molar-refractivity contribution in [2.45, 2.75) is 26.8 Å². The molecule has 0 atom stereocenters. The number of aromatic nitrogens is 1. The first-order valence-electron chi connectivity index (χ1n) is 9.08. The number of carbonyl (C=O) groups is 1. The lowest BCUT2D eigenvalue weighted by Crippen LogP contribution is -2.33. The molecule has 1 N–H and O–H groups in total. The number of nitrogens with zero attached hydrogens (tertiary/aromatic N) is 1. The Hall–Kier alpha value is -3.08. The largest absolute Gasteiger partial charge is 0.496 e. The number of para-hydroxylation sites is 1. The molecule has 0 unspecified atom stereocenters. The zero-order valence-electron chi connectivity index (χ0n) is 15.9. The van der Waals surface area contributed by atoms with E-state index in [0.717, 1.165) is 22.9 Å². The van der Waals surface area contributed by atoms with E-state index in [-0.39, 0.29) is 18.0 Å². The first-order valence-corrected chi connectivity index (χ1v) is 9.08. The van der Waals surface area contributed by atoms with Crippen LogP contribution in [0.1, 0.15) is 34.8 Å². The van der Waals surface area contributed by atoms with Crippen LogP contribution in [0.4, 0.5) is 0 Å². The number of methoxy groups -OCH3 is 1. The fourth-order valence-electron chi connectivity index (χ4n) is 3.21. The molecule has 2 aromatic carbocycles. The Kier molecular flexibility index (Phi) is 5.60. The summed E-state index contributed by atoms with van der Waals surface area (Å²) >= 11 is 0. The van der Waals surface area contributed by atoms with Crippen LogP contribution in [-0.2, 0) is 6.54 Å². The number of nitrogens with one attached hydrogen (secondary N) is 1. The molecule has 3 rings (SSSR count). The molecule has 0 saturated heterocycles. The molecule has 0 saturated carbocycles. The average Bonchev–Trinajstić information content (AvgIpc) is 2.67. The number of amides is 1. The van der Waals surface area contributed by atoms with E-state index in [0.29, 0.717) is 23.4 Å². The summed E-state index contributed by atoms with van der Waals surface area (Å²) in [5.74, 6) is 0.393. The molecule has 0 aliphatic heterocycles. The van der Waals surface area contributed by atoms with Gasteiger partial charge in [-0.15, -0.1) is 0 Å². The topological polar surface area (TPSA) is 62.4 Å². The molecule has 5 heteroatoms. The fourth-order valence-corrected chi connectivity index (χ4v) is 3.21. The number of aromatic amines is 1. The van der Waals surface area contributed by atoms with Crippen LogP contribution >= 0.6 is 0 Å². The van der Waals surface area contributed by atoms with Gasteiger partial charge in [0.1, 0.15) is 5.75 Å². The number of hydrogen-bond donors (Lipinski definition) is 1. The Balaban J connectivity index is 1.97. The summed E-state index contributed by atoms with van der Waals surface area (Å²) in [7, 11) is 1.55. The number of benzene rings is 2.